The van der Waals surface area contributed by atoms with Crippen LogP contribution in [0.2, 0.25) is 0 Å². The highest BCUT2D eigenvalue weighted by Crippen LogP contribution is 2.34. The summed E-state index contributed by atoms with van der Waals surface area (Å²) < 4.78 is 0. The van der Waals surface area contributed by atoms with Crippen LogP contribution in [0.4, 0.5) is 0 Å². The van der Waals surface area contributed by atoms with Gasteiger partial charge in [-0.3, -0.25) is 4.79 Å². The molecule has 1 N–H and O–H groups in total. The minimum Gasteiger partial charge on any atom is -0.341 e. The van der Waals surface area contributed by atoms with E-state index in [-0.39, 0.29) is 6.04 Å². The Morgan fingerprint density at radius 1 is 1.05 bits per heavy atom. The number of likely N-dealkylation sites (N-methyl/N-ethyl adjacent to an activating group) is 1. The first-order valence-electron chi connectivity index (χ1n) is 8.68. The summed E-state index contributed by atoms with van der Waals surface area (Å²) in [6, 6.07) is 1.22. The molecule has 0 aromatic rings. The first-order valence-corrected chi connectivity index (χ1v) is 8.68. The standard InChI is InChI=1S/C17H30N2O/c1-12-7-9-14(10-8-12)19(2)17(20)16-11-13-5-3-4-6-15(13)18-16/h12-16,18H,3-11H2,1-2H3. The zero-order valence-corrected chi connectivity index (χ0v) is 13.1. The molecule has 0 radical (unpaired) electrons. The van der Waals surface area contributed by atoms with E-state index in [1.165, 1.54) is 51.4 Å². The first-order chi connectivity index (χ1) is 9.65. The molecular weight excluding hydrogens is 248 g/mol. The van der Waals surface area contributed by atoms with Crippen molar-refractivity contribution in [3.8, 4) is 0 Å². The quantitative estimate of drug-likeness (QED) is 0.842. The van der Waals surface area contributed by atoms with Crippen molar-refractivity contribution in [1.82, 2.24) is 10.2 Å². The van der Waals surface area contributed by atoms with Crippen molar-refractivity contribution in [3.05, 3.63) is 0 Å². The number of amides is 1. The Balaban J connectivity index is 1.55. The zero-order chi connectivity index (χ0) is 14.1. The maximum absolute atomic E-state index is 12.7. The molecule has 0 spiro atoms. The Labute approximate surface area is 123 Å². The van der Waals surface area contributed by atoms with Crippen molar-refractivity contribution >= 4 is 5.91 Å². The van der Waals surface area contributed by atoms with Gasteiger partial charge >= 0.3 is 0 Å². The van der Waals surface area contributed by atoms with Gasteiger partial charge in [-0.05, 0) is 56.8 Å². The minimum atomic E-state index is 0.104. The van der Waals surface area contributed by atoms with Crippen molar-refractivity contribution in [3.63, 3.8) is 0 Å². The molecule has 3 aliphatic rings. The van der Waals surface area contributed by atoms with Crippen LogP contribution in [0.5, 0.6) is 0 Å². The lowest BCUT2D eigenvalue weighted by Crippen LogP contribution is -2.48. The molecule has 3 atom stereocenters. The Bertz CT molecular complexity index is 335. The highest BCUT2D eigenvalue weighted by molar-refractivity contribution is 5.82. The van der Waals surface area contributed by atoms with Gasteiger partial charge in [-0.2, -0.15) is 0 Å². The topological polar surface area (TPSA) is 32.3 Å². The van der Waals surface area contributed by atoms with Gasteiger partial charge in [-0.15, -0.1) is 0 Å². The van der Waals surface area contributed by atoms with Crippen molar-refractivity contribution in [1.29, 1.82) is 0 Å². The maximum Gasteiger partial charge on any atom is 0.239 e. The second kappa shape index (κ2) is 6.05. The number of carbonyl (C=O) groups is 1. The van der Waals surface area contributed by atoms with Gasteiger partial charge in [0.15, 0.2) is 0 Å². The van der Waals surface area contributed by atoms with Crippen LogP contribution in [0.1, 0.15) is 64.7 Å². The van der Waals surface area contributed by atoms with E-state index in [1.54, 1.807) is 0 Å². The van der Waals surface area contributed by atoms with Crippen molar-refractivity contribution in [2.24, 2.45) is 11.8 Å². The molecule has 3 heteroatoms. The molecular formula is C17H30N2O. The zero-order valence-electron chi connectivity index (χ0n) is 13.1. The van der Waals surface area contributed by atoms with Crippen molar-refractivity contribution in [2.75, 3.05) is 7.05 Å². The molecule has 0 aromatic heterocycles. The van der Waals surface area contributed by atoms with Crippen molar-refractivity contribution in [2.45, 2.75) is 82.8 Å². The first kappa shape index (κ1) is 14.4. The van der Waals surface area contributed by atoms with Crippen LogP contribution in [-0.2, 0) is 4.79 Å². The highest BCUT2D eigenvalue weighted by atomic mass is 16.2. The molecule has 2 aliphatic carbocycles. The fraction of sp³-hybridized carbons (Fsp3) is 0.941. The molecule has 2 saturated carbocycles. The van der Waals surface area contributed by atoms with Gasteiger partial charge < -0.3 is 10.2 Å². The Hall–Kier alpha value is -0.570. The fourth-order valence-electron chi connectivity index (χ4n) is 4.57. The van der Waals surface area contributed by atoms with Crippen LogP contribution in [0.25, 0.3) is 0 Å². The molecule has 0 bridgehead atoms. The van der Waals surface area contributed by atoms with Crippen LogP contribution < -0.4 is 5.32 Å². The van der Waals surface area contributed by atoms with Gasteiger partial charge in [0.05, 0.1) is 6.04 Å². The average molecular weight is 278 g/mol. The number of fused-ring (bicyclic) bond motifs is 1. The summed E-state index contributed by atoms with van der Waals surface area (Å²) in [6.45, 7) is 2.33. The number of nitrogens with zero attached hydrogens (tertiary/aromatic N) is 1. The van der Waals surface area contributed by atoms with Gasteiger partial charge in [-0.1, -0.05) is 19.8 Å². The lowest BCUT2D eigenvalue weighted by atomic mass is 9.84. The third-order valence-corrected chi connectivity index (χ3v) is 6.04. The largest absolute Gasteiger partial charge is 0.341 e. The molecule has 1 saturated heterocycles. The van der Waals surface area contributed by atoms with E-state index < -0.39 is 0 Å². The lowest BCUT2D eigenvalue weighted by Gasteiger charge is -2.35. The lowest BCUT2D eigenvalue weighted by molar-refractivity contribution is -0.134. The van der Waals surface area contributed by atoms with E-state index >= 15 is 0 Å². The van der Waals surface area contributed by atoms with E-state index in [0.29, 0.717) is 18.0 Å². The summed E-state index contributed by atoms with van der Waals surface area (Å²) >= 11 is 0. The SMILES string of the molecule is CC1CCC(N(C)C(=O)C2CC3CCCCC3N2)CC1. The predicted molar refractivity (Wildman–Crippen MR) is 81.5 cm³/mol. The summed E-state index contributed by atoms with van der Waals surface area (Å²) in [4.78, 5) is 14.8. The van der Waals surface area contributed by atoms with Crippen LogP contribution in [0, 0.1) is 11.8 Å². The Morgan fingerprint density at radius 3 is 2.45 bits per heavy atom. The van der Waals surface area contributed by atoms with Gasteiger partial charge in [0.25, 0.3) is 0 Å². The smallest absolute Gasteiger partial charge is 0.239 e. The maximum atomic E-state index is 12.7. The molecule has 1 amide bonds. The summed E-state index contributed by atoms with van der Waals surface area (Å²) in [6.07, 6.45) is 11.3. The van der Waals surface area contributed by atoms with Crippen molar-refractivity contribution < 1.29 is 4.79 Å². The molecule has 3 nitrogen and oxygen atoms in total. The normalized spacial score (nSPS) is 41.2. The number of hydrogen-bond donors (Lipinski definition) is 1. The number of rotatable bonds is 2. The number of carbonyl (C=O) groups excluding carboxylic acids is 1. The summed E-state index contributed by atoms with van der Waals surface area (Å²) in [5.74, 6) is 1.97. The predicted octanol–water partition coefficient (Wildman–Crippen LogP) is 2.94. The monoisotopic (exact) mass is 278 g/mol. The van der Waals surface area contributed by atoms with Crippen LogP contribution in [0.3, 0.4) is 0 Å². The van der Waals surface area contributed by atoms with Gasteiger partial charge in [0.2, 0.25) is 5.91 Å². The van der Waals surface area contributed by atoms with E-state index in [9.17, 15) is 4.79 Å². The summed E-state index contributed by atoms with van der Waals surface area (Å²) in [5, 5.41) is 3.63. The molecule has 3 unspecified atom stereocenters. The number of hydrogen-bond acceptors (Lipinski definition) is 2. The molecule has 1 heterocycles. The van der Waals surface area contributed by atoms with Gasteiger partial charge in [-0.25, -0.2) is 0 Å². The molecule has 114 valence electrons. The van der Waals surface area contributed by atoms with E-state index in [0.717, 1.165) is 18.3 Å². The highest BCUT2D eigenvalue weighted by Gasteiger charge is 2.40. The number of nitrogens with one attached hydrogen (secondary N) is 1. The van der Waals surface area contributed by atoms with Crippen LogP contribution >= 0.6 is 0 Å². The Morgan fingerprint density at radius 2 is 1.75 bits per heavy atom. The molecule has 1 aliphatic heterocycles. The third-order valence-electron chi connectivity index (χ3n) is 6.04. The second-order valence-corrected chi connectivity index (χ2v) is 7.47. The summed E-state index contributed by atoms with van der Waals surface area (Å²) in [5.41, 5.74) is 0. The van der Waals surface area contributed by atoms with E-state index in [2.05, 4.69) is 17.1 Å². The van der Waals surface area contributed by atoms with Gasteiger partial charge in [0, 0.05) is 19.1 Å². The minimum absolute atomic E-state index is 0.104. The van der Waals surface area contributed by atoms with E-state index in [4.69, 9.17) is 0 Å². The van der Waals surface area contributed by atoms with E-state index in [1.807, 2.05) is 7.05 Å². The fourth-order valence-corrected chi connectivity index (χ4v) is 4.57. The summed E-state index contributed by atoms with van der Waals surface area (Å²) in [7, 11) is 2.03. The second-order valence-electron chi connectivity index (χ2n) is 7.47. The van der Waals surface area contributed by atoms with Gasteiger partial charge in [0.1, 0.15) is 0 Å². The average Bonchev–Trinajstić information content (AvgIpc) is 2.90. The molecule has 20 heavy (non-hydrogen) atoms. The van der Waals surface area contributed by atoms with Crippen LogP contribution in [-0.4, -0.2) is 36.0 Å². The third kappa shape index (κ3) is 2.88. The Kier molecular flexibility index (Phi) is 4.34. The molecule has 3 fully saturated rings. The molecule has 0 aromatic carbocycles. The molecule has 3 rings (SSSR count). The van der Waals surface area contributed by atoms with Crippen LogP contribution in [0.15, 0.2) is 0 Å².